The highest BCUT2D eigenvalue weighted by Gasteiger charge is 2.15. The van der Waals surface area contributed by atoms with Gasteiger partial charge in [-0.3, -0.25) is 0 Å². The SMILES string of the molecule is CN(C)CCOc1cccc(-c2cc(-c3ccco3)nc(N)c2C#N)c1. The fraction of sp³-hybridized carbons (Fsp3) is 0.200. The summed E-state index contributed by atoms with van der Waals surface area (Å²) in [5, 5.41) is 9.52. The molecule has 132 valence electrons. The number of ether oxygens (including phenoxy) is 1. The molecule has 0 atom stereocenters. The number of aromatic nitrogens is 1. The number of nitrogen functional groups attached to an aromatic ring is 1. The molecule has 1 aromatic carbocycles. The van der Waals surface area contributed by atoms with Crippen LogP contribution in [0.15, 0.2) is 53.1 Å². The lowest BCUT2D eigenvalue weighted by Gasteiger charge is -2.13. The Morgan fingerprint density at radius 2 is 2.08 bits per heavy atom. The van der Waals surface area contributed by atoms with Crippen molar-refractivity contribution in [3.63, 3.8) is 0 Å². The van der Waals surface area contributed by atoms with Crippen LogP contribution in [0.5, 0.6) is 5.75 Å². The summed E-state index contributed by atoms with van der Waals surface area (Å²) >= 11 is 0. The smallest absolute Gasteiger partial charge is 0.152 e. The molecule has 0 fully saturated rings. The number of hydrogen-bond acceptors (Lipinski definition) is 6. The normalized spacial score (nSPS) is 10.7. The molecule has 6 heteroatoms. The molecule has 0 spiro atoms. The van der Waals surface area contributed by atoms with Crippen molar-refractivity contribution >= 4 is 5.82 Å². The van der Waals surface area contributed by atoms with Crippen molar-refractivity contribution in [1.29, 1.82) is 5.26 Å². The molecule has 0 aliphatic rings. The molecular formula is C20H20N4O2. The predicted molar refractivity (Wildman–Crippen MR) is 101 cm³/mol. The van der Waals surface area contributed by atoms with Gasteiger partial charge in [0, 0.05) is 12.1 Å². The van der Waals surface area contributed by atoms with Crippen LogP contribution in [0.3, 0.4) is 0 Å². The third-order valence-electron chi connectivity index (χ3n) is 3.89. The van der Waals surface area contributed by atoms with Crippen molar-refractivity contribution in [2.45, 2.75) is 0 Å². The van der Waals surface area contributed by atoms with E-state index in [0.29, 0.717) is 29.2 Å². The molecule has 3 rings (SSSR count). The molecule has 0 saturated carbocycles. The second kappa shape index (κ2) is 7.72. The lowest BCUT2D eigenvalue weighted by atomic mass is 9.99. The number of nitrogens with two attached hydrogens (primary N) is 1. The number of anilines is 1. The number of benzene rings is 1. The largest absolute Gasteiger partial charge is 0.492 e. The first kappa shape index (κ1) is 17.5. The van der Waals surface area contributed by atoms with Gasteiger partial charge in [0.2, 0.25) is 0 Å². The quantitative estimate of drug-likeness (QED) is 0.734. The summed E-state index contributed by atoms with van der Waals surface area (Å²) in [5.41, 5.74) is 8.48. The maximum Gasteiger partial charge on any atom is 0.152 e. The van der Waals surface area contributed by atoms with E-state index in [-0.39, 0.29) is 5.82 Å². The Kier molecular flexibility index (Phi) is 5.20. The standard InChI is InChI=1S/C20H20N4O2/c1-24(2)8-10-25-15-6-3-5-14(11-15)16-12-18(19-7-4-9-26-19)23-20(22)17(16)13-21/h3-7,9,11-12H,8,10H2,1-2H3,(H2,22,23). The highest BCUT2D eigenvalue weighted by atomic mass is 16.5. The molecule has 0 amide bonds. The second-order valence-electron chi connectivity index (χ2n) is 6.08. The summed E-state index contributed by atoms with van der Waals surface area (Å²) in [5.74, 6) is 1.51. The number of pyridine rings is 1. The van der Waals surface area contributed by atoms with E-state index in [4.69, 9.17) is 14.9 Å². The Labute approximate surface area is 152 Å². The first-order valence-electron chi connectivity index (χ1n) is 8.21. The Balaban J connectivity index is 1.99. The van der Waals surface area contributed by atoms with Gasteiger partial charge in [-0.15, -0.1) is 0 Å². The zero-order valence-corrected chi connectivity index (χ0v) is 14.8. The van der Waals surface area contributed by atoms with Crippen LogP contribution in [0.1, 0.15) is 5.56 Å². The molecule has 0 aliphatic heterocycles. The van der Waals surface area contributed by atoms with Crippen molar-refractivity contribution in [1.82, 2.24) is 9.88 Å². The first-order valence-corrected chi connectivity index (χ1v) is 8.21. The number of nitrogens with zero attached hydrogens (tertiary/aromatic N) is 3. The highest BCUT2D eigenvalue weighted by molar-refractivity contribution is 5.79. The van der Waals surface area contributed by atoms with E-state index in [2.05, 4.69) is 16.0 Å². The van der Waals surface area contributed by atoms with Crippen molar-refractivity contribution in [3.8, 4) is 34.4 Å². The zero-order chi connectivity index (χ0) is 18.5. The number of likely N-dealkylation sites (N-methyl/N-ethyl adjacent to an activating group) is 1. The maximum atomic E-state index is 9.52. The topological polar surface area (TPSA) is 88.3 Å². The summed E-state index contributed by atoms with van der Waals surface area (Å²) in [6.45, 7) is 1.40. The van der Waals surface area contributed by atoms with Crippen molar-refractivity contribution in [2.75, 3.05) is 33.0 Å². The van der Waals surface area contributed by atoms with Gasteiger partial charge < -0.3 is 19.8 Å². The Morgan fingerprint density at radius 1 is 1.23 bits per heavy atom. The summed E-state index contributed by atoms with van der Waals surface area (Å²) in [4.78, 5) is 6.34. The lowest BCUT2D eigenvalue weighted by Crippen LogP contribution is -2.19. The molecular weight excluding hydrogens is 328 g/mol. The molecule has 26 heavy (non-hydrogen) atoms. The van der Waals surface area contributed by atoms with Gasteiger partial charge in [0.1, 0.15) is 35.5 Å². The summed E-state index contributed by atoms with van der Waals surface area (Å²) in [6, 6.07) is 15.1. The van der Waals surface area contributed by atoms with Gasteiger partial charge in [-0.1, -0.05) is 12.1 Å². The van der Waals surface area contributed by atoms with E-state index in [1.54, 1.807) is 18.4 Å². The summed E-state index contributed by atoms with van der Waals surface area (Å²) < 4.78 is 11.2. The average molecular weight is 348 g/mol. The molecule has 6 nitrogen and oxygen atoms in total. The molecule has 0 aliphatic carbocycles. The molecule has 2 N–H and O–H groups in total. The van der Waals surface area contributed by atoms with Crippen LogP contribution < -0.4 is 10.5 Å². The van der Waals surface area contributed by atoms with Gasteiger partial charge in [-0.25, -0.2) is 4.98 Å². The van der Waals surface area contributed by atoms with Gasteiger partial charge in [-0.05, 0) is 50.0 Å². The highest BCUT2D eigenvalue weighted by Crippen LogP contribution is 2.32. The third-order valence-corrected chi connectivity index (χ3v) is 3.89. The number of hydrogen-bond donors (Lipinski definition) is 1. The first-order chi connectivity index (χ1) is 12.6. The van der Waals surface area contributed by atoms with Gasteiger partial charge in [-0.2, -0.15) is 5.26 Å². The van der Waals surface area contributed by atoms with Crippen LogP contribution in [0.25, 0.3) is 22.6 Å². The minimum Gasteiger partial charge on any atom is -0.492 e. The lowest BCUT2D eigenvalue weighted by molar-refractivity contribution is 0.261. The van der Waals surface area contributed by atoms with E-state index < -0.39 is 0 Å². The average Bonchev–Trinajstić information content (AvgIpc) is 3.15. The van der Waals surface area contributed by atoms with E-state index >= 15 is 0 Å². The molecule has 2 aromatic heterocycles. The molecule has 0 bridgehead atoms. The van der Waals surface area contributed by atoms with Crippen molar-refractivity contribution < 1.29 is 9.15 Å². The molecule has 0 saturated heterocycles. The van der Waals surface area contributed by atoms with Gasteiger partial charge in [0.05, 0.1) is 6.26 Å². The fourth-order valence-corrected chi connectivity index (χ4v) is 2.56. The van der Waals surface area contributed by atoms with Gasteiger partial charge >= 0.3 is 0 Å². The molecule has 0 unspecified atom stereocenters. The number of furan rings is 1. The Bertz CT molecular complexity index is 927. The van der Waals surface area contributed by atoms with Crippen LogP contribution in [-0.2, 0) is 0 Å². The Hall–Kier alpha value is -3.30. The maximum absolute atomic E-state index is 9.52. The van der Waals surface area contributed by atoms with Crippen LogP contribution in [-0.4, -0.2) is 37.1 Å². The number of nitriles is 1. The van der Waals surface area contributed by atoms with E-state index in [1.807, 2.05) is 44.4 Å². The fourth-order valence-electron chi connectivity index (χ4n) is 2.56. The van der Waals surface area contributed by atoms with Gasteiger partial charge in [0.25, 0.3) is 0 Å². The van der Waals surface area contributed by atoms with Crippen LogP contribution in [0, 0.1) is 11.3 Å². The molecule has 3 aromatic rings. The monoisotopic (exact) mass is 348 g/mol. The number of rotatable bonds is 6. The van der Waals surface area contributed by atoms with Crippen LogP contribution in [0.4, 0.5) is 5.82 Å². The van der Waals surface area contributed by atoms with E-state index in [1.165, 1.54) is 0 Å². The van der Waals surface area contributed by atoms with Crippen molar-refractivity contribution in [2.24, 2.45) is 0 Å². The van der Waals surface area contributed by atoms with E-state index in [9.17, 15) is 5.26 Å². The molecule has 2 heterocycles. The third kappa shape index (κ3) is 3.85. The summed E-state index contributed by atoms with van der Waals surface area (Å²) in [7, 11) is 3.99. The molecule has 0 radical (unpaired) electrons. The minimum atomic E-state index is 0.176. The van der Waals surface area contributed by atoms with Crippen molar-refractivity contribution in [3.05, 3.63) is 54.3 Å². The van der Waals surface area contributed by atoms with Crippen LogP contribution >= 0.6 is 0 Å². The van der Waals surface area contributed by atoms with Gasteiger partial charge in [0.15, 0.2) is 5.76 Å². The minimum absolute atomic E-state index is 0.176. The summed E-state index contributed by atoms with van der Waals surface area (Å²) in [6.07, 6.45) is 1.57. The predicted octanol–water partition coefficient (Wildman–Crippen LogP) is 3.40. The van der Waals surface area contributed by atoms with E-state index in [0.717, 1.165) is 17.9 Å². The van der Waals surface area contributed by atoms with Crippen LogP contribution in [0.2, 0.25) is 0 Å². The second-order valence-corrected chi connectivity index (χ2v) is 6.08. The zero-order valence-electron chi connectivity index (χ0n) is 14.8. The Morgan fingerprint density at radius 3 is 2.77 bits per heavy atom.